The monoisotopic (exact) mass is 458 g/mol. The van der Waals surface area contributed by atoms with E-state index < -0.39 is 0 Å². The summed E-state index contributed by atoms with van der Waals surface area (Å²) in [5, 5.41) is 0.770. The molecule has 2 heterocycles. The van der Waals surface area contributed by atoms with Gasteiger partial charge in [-0.1, -0.05) is 0 Å². The van der Waals surface area contributed by atoms with Crippen LogP contribution in [0, 0.1) is 24.7 Å². The number of Topliss-reactive ketones (excluding diaryl/α,β-unsaturated/α-hetero) is 1. The summed E-state index contributed by atoms with van der Waals surface area (Å²) in [7, 11) is 0. The maximum atomic E-state index is 13.2. The van der Waals surface area contributed by atoms with E-state index in [-0.39, 0.29) is 29.5 Å². The number of carbonyl (C=O) groups excluding carboxylic acids is 2. The quantitative estimate of drug-likeness (QED) is 0.606. The Balaban J connectivity index is 1.59. The summed E-state index contributed by atoms with van der Waals surface area (Å²) in [6.07, 6.45) is 6.06. The zero-order valence-electron chi connectivity index (χ0n) is 15.4. The maximum absolute atomic E-state index is 13.2. The van der Waals surface area contributed by atoms with Crippen molar-refractivity contribution in [3.05, 3.63) is 39.1 Å². The highest BCUT2D eigenvalue weighted by Crippen LogP contribution is 2.48. The molecular formula is C21H19BrN2O3S. The maximum Gasteiger partial charge on any atom is 0.314 e. The van der Waals surface area contributed by atoms with Gasteiger partial charge in [-0.05, 0) is 67.1 Å². The number of hydrogen-bond acceptors (Lipinski definition) is 6. The zero-order chi connectivity index (χ0) is 19.4. The molecule has 5 nitrogen and oxygen atoms in total. The van der Waals surface area contributed by atoms with Gasteiger partial charge in [-0.25, -0.2) is 4.98 Å². The van der Waals surface area contributed by atoms with E-state index in [0.717, 1.165) is 52.2 Å². The fourth-order valence-electron chi connectivity index (χ4n) is 4.11. The first kappa shape index (κ1) is 18.2. The first-order chi connectivity index (χ1) is 13.5. The number of ether oxygens (including phenoxy) is 1. The smallest absolute Gasteiger partial charge is 0.314 e. The number of aryl methyl sites for hydroxylation is 1. The van der Waals surface area contributed by atoms with E-state index in [0.29, 0.717) is 17.0 Å². The Morgan fingerprint density at radius 2 is 2.00 bits per heavy atom. The van der Waals surface area contributed by atoms with Crippen LogP contribution in [0.25, 0.3) is 16.3 Å². The van der Waals surface area contributed by atoms with E-state index in [1.54, 1.807) is 6.20 Å². The van der Waals surface area contributed by atoms with Crippen LogP contribution in [0.1, 0.15) is 42.7 Å². The molecule has 0 aliphatic heterocycles. The molecule has 2 aromatic heterocycles. The number of thiazole rings is 1. The normalized spacial score (nSPS) is 24.0. The number of carbonyl (C=O) groups is 2. The van der Waals surface area contributed by atoms with Crippen molar-refractivity contribution in [2.75, 3.05) is 0 Å². The van der Waals surface area contributed by atoms with Gasteiger partial charge in [0.25, 0.3) is 0 Å². The number of allylic oxidation sites excluding steroid dienone is 2. The van der Waals surface area contributed by atoms with Gasteiger partial charge >= 0.3 is 5.97 Å². The van der Waals surface area contributed by atoms with Crippen molar-refractivity contribution >= 4 is 44.6 Å². The fourth-order valence-corrected chi connectivity index (χ4v) is 5.24. The third-order valence-electron chi connectivity index (χ3n) is 5.77. The molecule has 0 N–H and O–H groups in total. The van der Waals surface area contributed by atoms with Gasteiger partial charge in [0.05, 0.1) is 22.9 Å². The van der Waals surface area contributed by atoms with Crippen molar-refractivity contribution in [3.63, 3.8) is 0 Å². The van der Waals surface area contributed by atoms with Gasteiger partial charge < -0.3 is 4.74 Å². The van der Waals surface area contributed by atoms with Gasteiger partial charge in [-0.15, -0.1) is 11.3 Å². The lowest BCUT2D eigenvalue weighted by atomic mass is 9.85. The predicted octanol–water partition coefficient (Wildman–Crippen LogP) is 4.94. The highest BCUT2D eigenvalue weighted by Gasteiger charge is 2.45. The molecule has 2 aromatic rings. The van der Waals surface area contributed by atoms with Crippen LogP contribution in [0.4, 0.5) is 0 Å². The Bertz CT molecular complexity index is 1010. The molecule has 0 radical (unpaired) electrons. The first-order valence-electron chi connectivity index (χ1n) is 9.61. The highest BCUT2D eigenvalue weighted by atomic mass is 79.9. The summed E-state index contributed by atoms with van der Waals surface area (Å²) in [6, 6.07) is 3.83. The van der Waals surface area contributed by atoms with Gasteiger partial charge in [0.15, 0.2) is 5.78 Å². The Kier molecular flexibility index (Phi) is 4.47. The summed E-state index contributed by atoms with van der Waals surface area (Å²) in [6.45, 7) is 1.96. The molecule has 0 saturated heterocycles. The second kappa shape index (κ2) is 6.88. The summed E-state index contributed by atoms with van der Waals surface area (Å²) in [4.78, 5) is 35.7. The number of rotatable bonds is 4. The number of esters is 1. The van der Waals surface area contributed by atoms with Crippen LogP contribution in [-0.2, 0) is 14.3 Å². The lowest BCUT2D eigenvalue weighted by molar-refractivity contribution is -0.141. The van der Waals surface area contributed by atoms with E-state index >= 15 is 0 Å². The molecule has 3 aliphatic carbocycles. The average Bonchev–Trinajstić information content (AvgIpc) is 3.33. The van der Waals surface area contributed by atoms with Gasteiger partial charge in [0.2, 0.25) is 0 Å². The van der Waals surface area contributed by atoms with Crippen molar-refractivity contribution in [1.29, 1.82) is 0 Å². The third kappa shape index (κ3) is 3.14. The molecule has 28 heavy (non-hydrogen) atoms. The molecule has 7 heteroatoms. The van der Waals surface area contributed by atoms with Crippen LogP contribution in [-0.4, -0.2) is 21.7 Å². The molecular weight excluding hydrogens is 440 g/mol. The lowest BCUT2D eigenvalue weighted by Gasteiger charge is -2.24. The molecule has 0 spiro atoms. The molecule has 0 amide bonds. The standard InChI is InChI=1S/C21H19BrN2O3S/c1-10-17(24-20(28-10)15-7-6-14(22)9-23-15)16-18(25)12-4-5-13(8-12)19(16)27-21(26)11-2-3-11/h6-7,9,11-13H,2-5,8H2,1H3/t12-,13+/m0/s1. The van der Waals surface area contributed by atoms with Crippen LogP contribution in [0.3, 0.4) is 0 Å². The van der Waals surface area contributed by atoms with Crippen LogP contribution in [0.2, 0.25) is 0 Å². The minimum atomic E-state index is -0.187. The van der Waals surface area contributed by atoms with Gasteiger partial charge in [0.1, 0.15) is 10.8 Å². The summed E-state index contributed by atoms with van der Waals surface area (Å²) >= 11 is 4.91. The average molecular weight is 459 g/mol. The Hall–Kier alpha value is -1.86. The lowest BCUT2D eigenvalue weighted by Crippen LogP contribution is -2.24. The van der Waals surface area contributed by atoms with E-state index in [9.17, 15) is 9.59 Å². The van der Waals surface area contributed by atoms with Gasteiger partial charge in [-0.2, -0.15) is 0 Å². The topological polar surface area (TPSA) is 69.2 Å². The van der Waals surface area contributed by atoms with Crippen molar-refractivity contribution in [3.8, 4) is 10.7 Å². The predicted molar refractivity (Wildman–Crippen MR) is 109 cm³/mol. The Morgan fingerprint density at radius 1 is 1.21 bits per heavy atom. The minimum Gasteiger partial charge on any atom is -0.430 e. The number of fused-ring (bicyclic) bond motifs is 2. The summed E-state index contributed by atoms with van der Waals surface area (Å²) < 4.78 is 6.73. The fraction of sp³-hybridized carbons (Fsp3) is 0.429. The number of aromatic nitrogens is 2. The second-order valence-corrected chi connectivity index (χ2v) is 9.91. The Morgan fingerprint density at radius 3 is 2.71 bits per heavy atom. The van der Waals surface area contributed by atoms with Crippen LogP contribution in [0.5, 0.6) is 0 Å². The van der Waals surface area contributed by atoms with Crippen LogP contribution < -0.4 is 0 Å². The second-order valence-electron chi connectivity index (χ2n) is 7.79. The van der Waals surface area contributed by atoms with Gasteiger partial charge in [-0.3, -0.25) is 14.6 Å². The largest absolute Gasteiger partial charge is 0.430 e. The van der Waals surface area contributed by atoms with Crippen molar-refractivity contribution in [1.82, 2.24) is 9.97 Å². The number of halogens is 1. The van der Waals surface area contributed by atoms with E-state index in [1.165, 1.54) is 11.3 Å². The molecule has 2 atom stereocenters. The molecule has 2 bridgehead atoms. The summed E-state index contributed by atoms with van der Waals surface area (Å²) in [5.74, 6) is 0.639. The van der Waals surface area contributed by atoms with Crippen LogP contribution >= 0.6 is 27.3 Å². The molecule has 0 aromatic carbocycles. The molecule has 2 saturated carbocycles. The van der Waals surface area contributed by atoms with E-state index in [4.69, 9.17) is 9.72 Å². The SMILES string of the molecule is Cc1sc(-c2ccc(Br)cn2)nc1C1=C(OC(=O)C2CC2)[C@@H]2CC[C@@H](C2)C1=O. The summed E-state index contributed by atoms with van der Waals surface area (Å²) in [5.41, 5.74) is 1.96. The molecule has 0 unspecified atom stereocenters. The molecule has 5 rings (SSSR count). The minimum absolute atomic E-state index is 0.00189. The molecule has 144 valence electrons. The number of hydrogen-bond donors (Lipinski definition) is 0. The number of pyridine rings is 1. The van der Waals surface area contributed by atoms with Crippen molar-refractivity contribution < 1.29 is 14.3 Å². The first-order valence-corrected chi connectivity index (χ1v) is 11.2. The van der Waals surface area contributed by atoms with E-state index in [2.05, 4.69) is 20.9 Å². The van der Waals surface area contributed by atoms with Gasteiger partial charge in [0, 0.05) is 27.4 Å². The number of nitrogens with zero attached hydrogens (tertiary/aromatic N) is 2. The molecule has 3 aliphatic rings. The highest BCUT2D eigenvalue weighted by molar-refractivity contribution is 9.10. The zero-order valence-corrected chi connectivity index (χ0v) is 17.8. The van der Waals surface area contributed by atoms with Crippen molar-refractivity contribution in [2.24, 2.45) is 17.8 Å². The number of ketones is 1. The Labute approximate surface area is 175 Å². The third-order valence-corrected chi connectivity index (χ3v) is 7.23. The van der Waals surface area contributed by atoms with E-state index in [1.807, 2.05) is 19.1 Å². The van der Waals surface area contributed by atoms with Crippen molar-refractivity contribution in [2.45, 2.75) is 39.0 Å². The van der Waals surface area contributed by atoms with Crippen LogP contribution in [0.15, 0.2) is 28.6 Å². The molecule has 2 fully saturated rings.